The first-order valence-electron chi connectivity index (χ1n) is 7.14. The van der Waals surface area contributed by atoms with Gasteiger partial charge in [0, 0.05) is 43.2 Å². The molecule has 0 aromatic carbocycles. The maximum Gasteiger partial charge on any atom is 0.227 e. The van der Waals surface area contributed by atoms with E-state index in [1.807, 2.05) is 13.0 Å². The summed E-state index contributed by atoms with van der Waals surface area (Å²) in [4.78, 5) is 15.3. The molecule has 4 heterocycles. The summed E-state index contributed by atoms with van der Waals surface area (Å²) in [5.74, 6) is 2.61. The van der Waals surface area contributed by atoms with Gasteiger partial charge in [0.25, 0.3) is 0 Å². The lowest BCUT2D eigenvalue weighted by Crippen LogP contribution is -2.33. The van der Waals surface area contributed by atoms with Gasteiger partial charge in [-0.3, -0.25) is 0 Å². The molecule has 0 aliphatic carbocycles. The van der Waals surface area contributed by atoms with Gasteiger partial charge < -0.3 is 14.2 Å². The molecule has 2 aliphatic heterocycles. The highest BCUT2D eigenvalue weighted by atomic mass is 16.5. The van der Waals surface area contributed by atoms with E-state index in [4.69, 9.17) is 9.26 Å². The van der Waals surface area contributed by atoms with Crippen LogP contribution in [-0.2, 0) is 11.2 Å². The average Bonchev–Trinajstić information content (AvgIpc) is 3.14. The molecule has 2 aromatic rings. The lowest BCUT2D eigenvalue weighted by atomic mass is 9.78. The normalized spacial score (nSPS) is 28.0. The smallest absolute Gasteiger partial charge is 0.227 e. The van der Waals surface area contributed by atoms with Crippen molar-refractivity contribution in [2.24, 2.45) is 11.3 Å². The van der Waals surface area contributed by atoms with E-state index in [1.165, 1.54) is 0 Å². The number of aromatic nitrogens is 4. The van der Waals surface area contributed by atoms with Crippen LogP contribution in [0, 0.1) is 18.3 Å². The summed E-state index contributed by atoms with van der Waals surface area (Å²) < 4.78 is 11.0. The fourth-order valence-corrected chi connectivity index (χ4v) is 3.40. The van der Waals surface area contributed by atoms with E-state index in [0.29, 0.717) is 17.6 Å². The van der Waals surface area contributed by atoms with Crippen molar-refractivity contribution in [3.05, 3.63) is 30.2 Å². The van der Waals surface area contributed by atoms with Gasteiger partial charge in [0.05, 0.1) is 13.2 Å². The molecule has 110 valence electrons. The van der Waals surface area contributed by atoms with Crippen molar-refractivity contribution in [2.45, 2.75) is 13.3 Å². The standard InChI is InChI=1S/C14H17N5O2/c1-10-17-12(21-18-10)5-14-8-19(6-11(14)7-20-9-14)13-15-3-2-4-16-13/h2-4,11H,5-9H2,1H3/t11-,14+/m1/s1. The minimum Gasteiger partial charge on any atom is -0.380 e. The molecule has 2 atom stereocenters. The molecular weight excluding hydrogens is 270 g/mol. The second-order valence-electron chi connectivity index (χ2n) is 5.92. The molecule has 2 saturated heterocycles. The first kappa shape index (κ1) is 12.7. The second-order valence-corrected chi connectivity index (χ2v) is 5.92. The maximum absolute atomic E-state index is 5.72. The third kappa shape index (κ3) is 2.17. The summed E-state index contributed by atoms with van der Waals surface area (Å²) in [6, 6.07) is 1.83. The van der Waals surface area contributed by atoms with Crippen molar-refractivity contribution in [1.29, 1.82) is 0 Å². The van der Waals surface area contributed by atoms with E-state index in [0.717, 1.165) is 38.7 Å². The molecule has 0 N–H and O–H groups in total. The van der Waals surface area contributed by atoms with Crippen LogP contribution in [0.4, 0.5) is 5.95 Å². The molecule has 0 bridgehead atoms. The topological polar surface area (TPSA) is 77.2 Å². The van der Waals surface area contributed by atoms with Gasteiger partial charge in [0.1, 0.15) is 0 Å². The highest BCUT2D eigenvalue weighted by Gasteiger charge is 2.52. The summed E-state index contributed by atoms with van der Waals surface area (Å²) in [6.07, 6.45) is 4.31. The molecule has 7 nitrogen and oxygen atoms in total. The zero-order chi connectivity index (χ0) is 14.3. The van der Waals surface area contributed by atoms with E-state index in [1.54, 1.807) is 12.4 Å². The fraction of sp³-hybridized carbons (Fsp3) is 0.571. The molecule has 2 aromatic heterocycles. The fourth-order valence-electron chi connectivity index (χ4n) is 3.40. The van der Waals surface area contributed by atoms with E-state index in [2.05, 4.69) is 25.0 Å². The number of nitrogens with zero attached hydrogens (tertiary/aromatic N) is 5. The summed E-state index contributed by atoms with van der Waals surface area (Å²) in [6.45, 7) is 5.12. The van der Waals surface area contributed by atoms with Crippen LogP contribution in [0.2, 0.25) is 0 Å². The molecule has 7 heteroatoms. The van der Waals surface area contributed by atoms with Crippen LogP contribution in [0.15, 0.2) is 23.0 Å². The van der Waals surface area contributed by atoms with Crippen LogP contribution >= 0.6 is 0 Å². The van der Waals surface area contributed by atoms with Gasteiger partial charge in [0.2, 0.25) is 11.8 Å². The summed E-state index contributed by atoms with van der Waals surface area (Å²) >= 11 is 0. The van der Waals surface area contributed by atoms with Gasteiger partial charge in [0.15, 0.2) is 5.82 Å². The van der Waals surface area contributed by atoms with Crippen molar-refractivity contribution in [3.63, 3.8) is 0 Å². The molecule has 0 spiro atoms. The molecule has 2 aliphatic rings. The van der Waals surface area contributed by atoms with Crippen molar-refractivity contribution < 1.29 is 9.26 Å². The van der Waals surface area contributed by atoms with Crippen molar-refractivity contribution >= 4 is 5.95 Å². The van der Waals surface area contributed by atoms with Gasteiger partial charge in [-0.15, -0.1) is 0 Å². The van der Waals surface area contributed by atoms with Crippen molar-refractivity contribution in [1.82, 2.24) is 20.1 Å². The van der Waals surface area contributed by atoms with Crippen molar-refractivity contribution in [3.8, 4) is 0 Å². The zero-order valence-corrected chi connectivity index (χ0v) is 11.9. The molecule has 4 rings (SSSR count). The number of rotatable bonds is 3. The first-order valence-corrected chi connectivity index (χ1v) is 7.14. The predicted octanol–water partition coefficient (Wildman–Crippen LogP) is 0.864. The Morgan fingerprint density at radius 2 is 2.24 bits per heavy atom. The van der Waals surface area contributed by atoms with Gasteiger partial charge in [-0.25, -0.2) is 9.97 Å². The number of fused-ring (bicyclic) bond motifs is 1. The summed E-state index contributed by atoms with van der Waals surface area (Å²) in [7, 11) is 0. The third-order valence-electron chi connectivity index (χ3n) is 4.43. The Hall–Kier alpha value is -2.02. The van der Waals surface area contributed by atoms with Gasteiger partial charge in [-0.05, 0) is 13.0 Å². The number of aryl methyl sites for hydroxylation is 1. The average molecular weight is 287 g/mol. The Balaban J connectivity index is 1.58. The Morgan fingerprint density at radius 3 is 3.00 bits per heavy atom. The van der Waals surface area contributed by atoms with Crippen LogP contribution in [0.5, 0.6) is 0 Å². The van der Waals surface area contributed by atoms with E-state index in [9.17, 15) is 0 Å². The molecular formula is C14H17N5O2. The SMILES string of the molecule is Cc1noc(C[C@]23COC[C@H]2CN(c2ncccn2)C3)n1. The first-order chi connectivity index (χ1) is 10.3. The van der Waals surface area contributed by atoms with Crippen LogP contribution < -0.4 is 4.90 Å². The van der Waals surface area contributed by atoms with Crippen LogP contribution in [0.1, 0.15) is 11.7 Å². The molecule has 21 heavy (non-hydrogen) atoms. The summed E-state index contributed by atoms with van der Waals surface area (Å²) in [5.41, 5.74) is 0.0260. The van der Waals surface area contributed by atoms with Gasteiger partial charge >= 0.3 is 0 Å². The largest absolute Gasteiger partial charge is 0.380 e. The Kier molecular flexibility index (Phi) is 2.88. The van der Waals surface area contributed by atoms with E-state index >= 15 is 0 Å². The minimum atomic E-state index is 0.0260. The molecule has 0 radical (unpaired) electrons. The number of ether oxygens (including phenoxy) is 1. The van der Waals surface area contributed by atoms with Gasteiger partial charge in [-0.2, -0.15) is 4.98 Å². The maximum atomic E-state index is 5.72. The number of hydrogen-bond donors (Lipinski definition) is 0. The van der Waals surface area contributed by atoms with E-state index in [-0.39, 0.29) is 5.41 Å². The minimum absolute atomic E-state index is 0.0260. The third-order valence-corrected chi connectivity index (χ3v) is 4.43. The Bertz CT molecular complexity index is 631. The summed E-state index contributed by atoms with van der Waals surface area (Å²) in [5, 5.41) is 3.88. The van der Waals surface area contributed by atoms with Crippen LogP contribution in [0.3, 0.4) is 0 Å². The lowest BCUT2D eigenvalue weighted by Gasteiger charge is -2.25. The number of hydrogen-bond acceptors (Lipinski definition) is 7. The monoisotopic (exact) mass is 287 g/mol. The molecule has 2 fully saturated rings. The number of anilines is 1. The highest BCUT2D eigenvalue weighted by Crippen LogP contribution is 2.44. The van der Waals surface area contributed by atoms with E-state index < -0.39 is 0 Å². The lowest BCUT2D eigenvalue weighted by molar-refractivity contribution is 0.149. The van der Waals surface area contributed by atoms with Crippen LogP contribution in [-0.4, -0.2) is 46.4 Å². The Morgan fingerprint density at radius 1 is 1.38 bits per heavy atom. The Labute approximate surface area is 122 Å². The molecule has 0 saturated carbocycles. The van der Waals surface area contributed by atoms with Crippen molar-refractivity contribution in [2.75, 3.05) is 31.2 Å². The molecule has 0 amide bonds. The zero-order valence-electron chi connectivity index (χ0n) is 11.9. The molecule has 0 unspecified atom stereocenters. The predicted molar refractivity (Wildman–Crippen MR) is 73.7 cm³/mol. The van der Waals surface area contributed by atoms with Gasteiger partial charge in [-0.1, -0.05) is 5.16 Å². The quantitative estimate of drug-likeness (QED) is 0.828. The second kappa shape index (κ2) is 4.77. The highest BCUT2D eigenvalue weighted by molar-refractivity contribution is 5.33. The van der Waals surface area contributed by atoms with Crippen LogP contribution in [0.25, 0.3) is 0 Å².